The van der Waals surface area contributed by atoms with Gasteiger partial charge in [-0.25, -0.2) is 4.79 Å². The normalized spacial score (nSPS) is 19.3. The minimum Gasteiger partial charge on any atom is -0.457 e. The molecule has 57 heavy (non-hydrogen) atoms. The standard InChI is InChI=1S/C47H48N2O7Si/c1-32-31-49(45(52)48-44(32)51)42-30-41(56-57(46(2,3)4,34-20-10-6-11-21-34)35-22-12-7-13-23-35)43(54-42)40(28-29-50)55-47(33-18-8-5-9-19-33)36-24-14-16-26-38(36)53-39-27-17-15-25-37(39)47/h5-27,31,40-43,50H,28-30H2,1-4H3,(H,48,51,52)/t40-,41-,42+,43+/m0/s1. The Morgan fingerprint density at radius 3 is 1.88 bits per heavy atom. The summed E-state index contributed by atoms with van der Waals surface area (Å²) < 4.78 is 30.5. The van der Waals surface area contributed by atoms with E-state index in [1.807, 2.05) is 115 Å². The molecule has 4 atom stereocenters. The van der Waals surface area contributed by atoms with Crippen LogP contribution in [0.1, 0.15) is 62.1 Å². The molecule has 2 aliphatic rings. The van der Waals surface area contributed by atoms with Gasteiger partial charge in [0, 0.05) is 35.9 Å². The van der Waals surface area contributed by atoms with Gasteiger partial charge in [-0.15, -0.1) is 0 Å². The van der Waals surface area contributed by atoms with E-state index in [-0.39, 0.29) is 24.5 Å². The van der Waals surface area contributed by atoms with E-state index in [1.165, 1.54) is 4.57 Å². The summed E-state index contributed by atoms with van der Waals surface area (Å²) in [5.41, 5.74) is 0.660. The fourth-order valence-electron chi connectivity index (χ4n) is 8.78. The van der Waals surface area contributed by atoms with Crippen molar-refractivity contribution in [2.75, 3.05) is 6.61 Å². The first-order valence-electron chi connectivity index (χ1n) is 19.5. The molecule has 2 aliphatic heterocycles. The van der Waals surface area contributed by atoms with Crippen molar-refractivity contribution in [2.24, 2.45) is 0 Å². The smallest absolute Gasteiger partial charge is 0.330 e. The number of aromatic nitrogens is 2. The first kappa shape index (κ1) is 38.5. The Bertz CT molecular complexity index is 2360. The van der Waals surface area contributed by atoms with Gasteiger partial charge in [0.15, 0.2) is 5.60 Å². The van der Waals surface area contributed by atoms with Crippen LogP contribution in [0.5, 0.6) is 11.5 Å². The summed E-state index contributed by atoms with van der Waals surface area (Å²) >= 11 is 0. The fourth-order valence-corrected chi connectivity index (χ4v) is 13.5. The van der Waals surface area contributed by atoms with E-state index in [2.05, 4.69) is 50.0 Å². The first-order chi connectivity index (χ1) is 27.6. The third kappa shape index (κ3) is 6.81. The lowest BCUT2D eigenvalue weighted by Crippen LogP contribution is -2.68. The average molecular weight is 781 g/mol. The van der Waals surface area contributed by atoms with E-state index in [4.69, 9.17) is 18.6 Å². The van der Waals surface area contributed by atoms with Gasteiger partial charge in [0.25, 0.3) is 13.9 Å². The highest BCUT2D eigenvalue weighted by Crippen LogP contribution is 2.54. The monoisotopic (exact) mass is 780 g/mol. The van der Waals surface area contributed by atoms with Crippen LogP contribution in [0.25, 0.3) is 0 Å². The van der Waals surface area contributed by atoms with Gasteiger partial charge in [-0.1, -0.05) is 148 Å². The van der Waals surface area contributed by atoms with Gasteiger partial charge in [0.2, 0.25) is 0 Å². The van der Waals surface area contributed by atoms with Crippen LogP contribution in [0, 0.1) is 6.92 Å². The van der Waals surface area contributed by atoms with E-state index in [0.29, 0.717) is 17.1 Å². The van der Waals surface area contributed by atoms with Gasteiger partial charge in [0.05, 0.1) is 12.2 Å². The molecule has 6 aromatic rings. The van der Waals surface area contributed by atoms with Gasteiger partial charge in [-0.3, -0.25) is 14.3 Å². The van der Waals surface area contributed by atoms with Crippen LogP contribution < -0.4 is 26.4 Å². The Hall–Kier alpha value is -5.36. The number of hydrogen-bond acceptors (Lipinski definition) is 7. The largest absolute Gasteiger partial charge is 0.457 e. The Kier molecular flexibility index (Phi) is 10.5. The van der Waals surface area contributed by atoms with Crippen molar-refractivity contribution in [1.82, 2.24) is 9.55 Å². The SMILES string of the molecule is Cc1cn([C@H]2C[C@H](O[Si](c3ccccc3)(c3ccccc3)C(C)(C)C)[C@@H]([C@H](CCO)OC3(c4ccccc4)c4ccccc4Oc4ccccc43)O2)c(=O)[nH]c1=O. The Morgan fingerprint density at radius 2 is 1.33 bits per heavy atom. The quantitative estimate of drug-likeness (QED) is 0.137. The minimum atomic E-state index is -3.20. The number of H-pyrrole nitrogens is 1. The molecule has 1 saturated heterocycles. The highest BCUT2D eigenvalue weighted by atomic mass is 28.4. The lowest BCUT2D eigenvalue weighted by atomic mass is 9.77. The number of ether oxygens (including phenoxy) is 3. The summed E-state index contributed by atoms with van der Waals surface area (Å²) in [6.07, 6.45) is -0.986. The topological polar surface area (TPSA) is 112 Å². The number of fused-ring (bicyclic) bond motifs is 2. The molecule has 0 spiro atoms. The molecular weight excluding hydrogens is 733 g/mol. The molecule has 10 heteroatoms. The molecule has 8 rings (SSSR count). The third-order valence-corrected chi connectivity index (χ3v) is 16.4. The predicted molar refractivity (Wildman–Crippen MR) is 223 cm³/mol. The highest BCUT2D eigenvalue weighted by Gasteiger charge is 2.56. The van der Waals surface area contributed by atoms with Crippen molar-refractivity contribution < 1.29 is 23.7 Å². The molecule has 0 saturated carbocycles. The molecule has 5 aromatic carbocycles. The van der Waals surface area contributed by atoms with E-state index in [1.54, 1.807) is 13.1 Å². The summed E-state index contributed by atoms with van der Waals surface area (Å²) in [6.45, 7) is 8.13. The summed E-state index contributed by atoms with van der Waals surface area (Å²) in [7, 11) is -3.20. The van der Waals surface area contributed by atoms with E-state index in [9.17, 15) is 14.7 Å². The molecule has 0 unspecified atom stereocenters. The first-order valence-corrected chi connectivity index (χ1v) is 21.4. The molecule has 0 aliphatic carbocycles. The lowest BCUT2D eigenvalue weighted by molar-refractivity contribution is -0.149. The van der Waals surface area contributed by atoms with E-state index < -0.39 is 49.7 Å². The fraction of sp³-hybridized carbons (Fsp3) is 0.277. The summed E-state index contributed by atoms with van der Waals surface area (Å²) in [5.74, 6) is 1.31. The van der Waals surface area contributed by atoms with E-state index >= 15 is 0 Å². The van der Waals surface area contributed by atoms with E-state index in [0.717, 1.165) is 27.1 Å². The second kappa shape index (κ2) is 15.5. The molecule has 1 aromatic heterocycles. The van der Waals surface area contributed by atoms with Crippen molar-refractivity contribution in [2.45, 2.75) is 75.7 Å². The maximum atomic E-state index is 13.5. The number of aromatic amines is 1. The number of aryl methyl sites for hydroxylation is 1. The zero-order valence-corrected chi connectivity index (χ0v) is 33.6. The van der Waals surface area contributed by atoms with Crippen molar-refractivity contribution >= 4 is 18.7 Å². The molecule has 3 heterocycles. The molecule has 0 bridgehead atoms. The number of benzene rings is 5. The number of aliphatic hydroxyl groups excluding tert-OH is 1. The van der Waals surface area contributed by atoms with Crippen LogP contribution in [-0.2, 0) is 19.5 Å². The molecule has 0 radical (unpaired) electrons. The van der Waals surface area contributed by atoms with Crippen molar-refractivity contribution in [3.05, 3.63) is 189 Å². The molecule has 2 N–H and O–H groups in total. The van der Waals surface area contributed by atoms with Gasteiger partial charge in [-0.2, -0.15) is 0 Å². The maximum absolute atomic E-state index is 13.5. The van der Waals surface area contributed by atoms with Crippen LogP contribution in [0.3, 0.4) is 0 Å². The van der Waals surface area contributed by atoms with Gasteiger partial charge in [-0.05, 0) is 46.5 Å². The second-order valence-corrected chi connectivity index (χ2v) is 20.2. The van der Waals surface area contributed by atoms with Crippen molar-refractivity contribution in [3.63, 3.8) is 0 Å². The van der Waals surface area contributed by atoms with Crippen LogP contribution >= 0.6 is 0 Å². The Morgan fingerprint density at radius 1 is 0.807 bits per heavy atom. The van der Waals surface area contributed by atoms with Crippen LogP contribution in [0.2, 0.25) is 5.04 Å². The number of rotatable bonds is 11. The molecule has 0 amide bonds. The second-order valence-electron chi connectivity index (χ2n) is 15.9. The maximum Gasteiger partial charge on any atom is 0.330 e. The average Bonchev–Trinajstić information content (AvgIpc) is 3.64. The summed E-state index contributed by atoms with van der Waals surface area (Å²) in [6, 6.07) is 46.6. The zero-order chi connectivity index (χ0) is 39.8. The number of nitrogens with zero attached hydrogens (tertiary/aromatic N) is 1. The minimum absolute atomic E-state index is 0.192. The number of para-hydroxylation sites is 2. The number of aliphatic hydroxyl groups is 1. The summed E-state index contributed by atoms with van der Waals surface area (Å²) in [4.78, 5) is 28.5. The van der Waals surface area contributed by atoms with Crippen LogP contribution in [0.15, 0.2) is 155 Å². The Labute approximate surface area is 333 Å². The van der Waals surface area contributed by atoms with Crippen LogP contribution in [0.4, 0.5) is 0 Å². The number of nitrogens with one attached hydrogen (secondary N) is 1. The van der Waals surface area contributed by atoms with Crippen LogP contribution in [-0.4, -0.2) is 47.9 Å². The predicted octanol–water partition coefficient (Wildman–Crippen LogP) is 6.94. The molecule has 9 nitrogen and oxygen atoms in total. The van der Waals surface area contributed by atoms with Gasteiger partial charge >= 0.3 is 5.69 Å². The molecule has 1 fully saturated rings. The highest BCUT2D eigenvalue weighted by molar-refractivity contribution is 6.99. The van der Waals surface area contributed by atoms with Gasteiger partial charge in [0.1, 0.15) is 23.8 Å². The zero-order valence-electron chi connectivity index (χ0n) is 32.6. The Balaban J connectivity index is 1.33. The van der Waals surface area contributed by atoms with Crippen molar-refractivity contribution in [1.29, 1.82) is 0 Å². The van der Waals surface area contributed by atoms with Gasteiger partial charge < -0.3 is 23.7 Å². The van der Waals surface area contributed by atoms with Crippen molar-refractivity contribution in [3.8, 4) is 11.5 Å². The summed E-state index contributed by atoms with van der Waals surface area (Å²) in [5, 5.41) is 12.7. The molecular formula is C47H48N2O7Si. The lowest BCUT2D eigenvalue weighted by Gasteiger charge is -2.47. The molecule has 292 valence electrons. The third-order valence-electron chi connectivity index (χ3n) is 11.4. The number of hydrogen-bond donors (Lipinski definition) is 2.